The van der Waals surface area contributed by atoms with E-state index in [1.807, 2.05) is 38.2 Å². The van der Waals surface area contributed by atoms with Crippen molar-refractivity contribution in [1.29, 1.82) is 0 Å². The molecule has 3 aliphatic rings. The number of benzene rings is 1. The zero-order valence-corrected chi connectivity index (χ0v) is 11.8. The highest BCUT2D eigenvalue weighted by Crippen LogP contribution is 2.60. The minimum absolute atomic E-state index is 0.00361. The first-order valence-corrected chi connectivity index (χ1v) is 7.29. The lowest BCUT2D eigenvalue weighted by molar-refractivity contribution is -0.142. The Hall–Kier alpha value is -1.61. The van der Waals surface area contributed by atoms with E-state index in [4.69, 9.17) is 0 Å². The summed E-state index contributed by atoms with van der Waals surface area (Å²) in [6.07, 6.45) is 6.12. The molecule has 2 aliphatic carbocycles. The lowest BCUT2D eigenvalue weighted by atomic mass is 9.75. The average Bonchev–Trinajstić information content (AvgIpc) is 2.63. The molecule has 0 saturated heterocycles. The molecule has 1 aliphatic heterocycles. The van der Waals surface area contributed by atoms with E-state index in [2.05, 4.69) is 17.1 Å². The Balaban J connectivity index is 2.06. The van der Waals surface area contributed by atoms with Gasteiger partial charge in [-0.05, 0) is 25.8 Å². The minimum atomic E-state index is -1.31. The first-order valence-electron chi connectivity index (χ1n) is 7.29. The van der Waals surface area contributed by atoms with Gasteiger partial charge in [0.15, 0.2) is 11.4 Å². The first-order chi connectivity index (χ1) is 9.52. The van der Waals surface area contributed by atoms with E-state index in [1.165, 1.54) is 0 Å². The largest absolute Gasteiger partial charge is 0.377 e. The second kappa shape index (κ2) is 3.53. The van der Waals surface area contributed by atoms with Crippen molar-refractivity contribution in [1.82, 2.24) is 0 Å². The van der Waals surface area contributed by atoms with Crippen LogP contribution in [0.2, 0.25) is 0 Å². The predicted molar refractivity (Wildman–Crippen MR) is 77.5 cm³/mol. The van der Waals surface area contributed by atoms with Crippen LogP contribution in [0, 0.1) is 11.8 Å². The fraction of sp³-hybridized carbons (Fsp3) is 0.471. The number of carbonyl (C=O) groups is 1. The maximum absolute atomic E-state index is 13.0. The molecule has 20 heavy (non-hydrogen) atoms. The third-order valence-corrected chi connectivity index (χ3v) is 5.79. The van der Waals surface area contributed by atoms with Gasteiger partial charge in [-0.3, -0.25) is 4.79 Å². The number of hydrogen-bond acceptors (Lipinski definition) is 3. The SMILES string of the molecule is CN1c2ccccc2[C@@]2(O)C(=O)[C@@]1(C)[C@@H]1C=CCC[C@H]12. The van der Waals surface area contributed by atoms with Crippen LogP contribution in [0.4, 0.5) is 5.69 Å². The van der Waals surface area contributed by atoms with Gasteiger partial charge in [0.2, 0.25) is 0 Å². The molecule has 0 amide bonds. The monoisotopic (exact) mass is 269 g/mol. The van der Waals surface area contributed by atoms with Crippen molar-refractivity contribution in [3.8, 4) is 0 Å². The van der Waals surface area contributed by atoms with Crippen LogP contribution >= 0.6 is 0 Å². The number of aliphatic hydroxyl groups is 1. The van der Waals surface area contributed by atoms with Gasteiger partial charge in [-0.15, -0.1) is 0 Å². The maximum atomic E-state index is 13.0. The zero-order chi connectivity index (χ0) is 14.1. The van der Waals surface area contributed by atoms with Crippen molar-refractivity contribution < 1.29 is 9.90 Å². The molecule has 0 radical (unpaired) electrons. The molecule has 0 aromatic heterocycles. The van der Waals surface area contributed by atoms with E-state index >= 15 is 0 Å². The molecule has 1 N–H and O–H groups in total. The van der Waals surface area contributed by atoms with Crippen molar-refractivity contribution in [2.75, 3.05) is 11.9 Å². The van der Waals surface area contributed by atoms with Gasteiger partial charge in [0.25, 0.3) is 0 Å². The van der Waals surface area contributed by atoms with Crippen molar-refractivity contribution in [3.05, 3.63) is 42.0 Å². The van der Waals surface area contributed by atoms with Crippen LogP contribution in [-0.2, 0) is 10.4 Å². The average molecular weight is 269 g/mol. The first kappa shape index (κ1) is 12.2. The molecule has 104 valence electrons. The van der Waals surface area contributed by atoms with E-state index in [0.29, 0.717) is 0 Å². The van der Waals surface area contributed by atoms with Gasteiger partial charge in [0.05, 0.1) is 0 Å². The van der Waals surface area contributed by atoms with Gasteiger partial charge >= 0.3 is 0 Å². The Morgan fingerprint density at radius 2 is 2.10 bits per heavy atom. The number of likely N-dealkylation sites (N-methyl/N-ethyl adjacent to an activating group) is 1. The quantitative estimate of drug-likeness (QED) is 0.734. The lowest BCUT2D eigenvalue weighted by Gasteiger charge is -2.44. The third kappa shape index (κ3) is 1.06. The van der Waals surface area contributed by atoms with Crippen molar-refractivity contribution in [2.24, 2.45) is 11.8 Å². The zero-order valence-electron chi connectivity index (χ0n) is 11.8. The van der Waals surface area contributed by atoms with Gasteiger partial charge in [-0.25, -0.2) is 0 Å². The van der Waals surface area contributed by atoms with E-state index in [9.17, 15) is 9.90 Å². The second-order valence-electron chi connectivity index (χ2n) is 6.46. The standard InChI is InChI=1S/C17H19NO2/c1-16-11-7-3-4-8-12(11)17(20,15(16)19)13-9-5-6-10-14(13)18(16)2/h3,5-7,9-12,20H,4,8H2,1-2H3/t11-,12-,16-,17-/m1/s1. The van der Waals surface area contributed by atoms with E-state index < -0.39 is 11.1 Å². The van der Waals surface area contributed by atoms with Crippen LogP contribution in [0.25, 0.3) is 0 Å². The number of nitrogens with zero attached hydrogens (tertiary/aromatic N) is 1. The summed E-state index contributed by atoms with van der Waals surface area (Å²) in [5.41, 5.74) is -0.175. The summed E-state index contributed by atoms with van der Waals surface area (Å²) in [5, 5.41) is 11.3. The molecule has 0 spiro atoms. The Kier molecular flexibility index (Phi) is 2.14. The number of hydrogen-bond donors (Lipinski definition) is 1. The summed E-state index contributed by atoms with van der Waals surface area (Å²) in [7, 11) is 1.97. The number of para-hydroxylation sites is 1. The molecule has 1 fully saturated rings. The summed E-state index contributed by atoms with van der Waals surface area (Å²) < 4.78 is 0. The van der Waals surface area contributed by atoms with E-state index in [0.717, 1.165) is 24.1 Å². The van der Waals surface area contributed by atoms with Gasteiger partial charge in [0.1, 0.15) is 5.54 Å². The summed E-state index contributed by atoms with van der Waals surface area (Å²) in [6, 6.07) is 7.79. The number of Topliss-reactive ketones (excluding diaryl/α,β-unsaturated/α-hetero) is 1. The molecular formula is C17H19NO2. The normalized spacial score (nSPS) is 41.5. The molecule has 0 unspecified atom stereocenters. The smallest absolute Gasteiger partial charge is 0.194 e. The Bertz CT molecular complexity index is 638. The number of rotatable bonds is 0. The molecule has 1 aromatic carbocycles. The molecular weight excluding hydrogens is 250 g/mol. The lowest BCUT2D eigenvalue weighted by Crippen LogP contribution is -2.58. The molecule has 4 atom stereocenters. The summed E-state index contributed by atoms with van der Waals surface area (Å²) >= 11 is 0. The van der Waals surface area contributed by atoms with Crippen LogP contribution < -0.4 is 4.90 Å². The van der Waals surface area contributed by atoms with Crippen LogP contribution in [0.5, 0.6) is 0 Å². The predicted octanol–water partition coefficient (Wildman–Crippen LogP) is 2.25. The Morgan fingerprint density at radius 1 is 1.35 bits per heavy atom. The topological polar surface area (TPSA) is 40.5 Å². The highest BCUT2D eigenvalue weighted by Gasteiger charge is 2.70. The van der Waals surface area contributed by atoms with Gasteiger partial charge < -0.3 is 10.0 Å². The molecule has 1 heterocycles. The number of ketones is 1. The van der Waals surface area contributed by atoms with Gasteiger partial charge in [-0.1, -0.05) is 30.4 Å². The number of carbonyl (C=O) groups excluding carboxylic acids is 1. The van der Waals surface area contributed by atoms with Crippen LogP contribution in [0.15, 0.2) is 36.4 Å². The summed E-state index contributed by atoms with van der Waals surface area (Å²) in [5.74, 6) is 0.0509. The molecule has 1 saturated carbocycles. The molecule has 2 bridgehead atoms. The Morgan fingerprint density at radius 3 is 2.90 bits per heavy atom. The number of anilines is 1. The minimum Gasteiger partial charge on any atom is -0.377 e. The third-order valence-electron chi connectivity index (χ3n) is 5.79. The van der Waals surface area contributed by atoms with E-state index in [1.54, 1.807) is 0 Å². The van der Waals surface area contributed by atoms with Crippen LogP contribution in [-0.4, -0.2) is 23.5 Å². The van der Waals surface area contributed by atoms with Gasteiger partial charge in [0, 0.05) is 30.1 Å². The van der Waals surface area contributed by atoms with E-state index in [-0.39, 0.29) is 17.6 Å². The van der Waals surface area contributed by atoms with Crippen molar-refractivity contribution in [2.45, 2.75) is 30.9 Å². The number of allylic oxidation sites excluding steroid dienone is 1. The van der Waals surface area contributed by atoms with Crippen molar-refractivity contribution in [3.63, 3.8) is 0 Å². The number of fused-ring (bicyclic) bond motifs is 7. The molecule has 3 heteroatoms. The molecule has 4 rings (SSSR count). The highest BCUT2D eigenvalue weighted by molar-refractivity contribution is 6.06. The van der Waals surface area contributed by atoms with Crippen molar-refractivity contribution >= 4 is 11.5 Å². The fourth-order valence-corrected chi connectivity index (χ4v) is 4.62. The molecule has 3 nitrogen and oxygen atoms in total. The van der Waals surface area contributed by atoms with Crippen LogP contribution in [0.3, 0.4) is 0 Å². The highest BCUT2D eigenvalue weighted by atomic mass is 16.3. The second-order valence-corrected chi connectivity index (χ2v) is 6.46. The van der Waals surface area contributed by atoms with Gasteiger partial charge in [-0.2, -0.15) is 0 Å². The maximum Gasteiger partial charge on any atom is 0.194 e. The summed E-state index contributed by atoms with van der Waals surface area (Å²) in [4.78, 5) is 15.1. The summed E-state index contributed by atoms with van der Waals surface area (Å²) in [6.45, 7) is 1.98. The molecule has 1 aromatic rings. The van der Waals surface area contributed by atoms with Crippen LogP contribution in [0.1, 0.15) is 25.3 Å². The fourth-order valence-electron chi connectivity index (χ4n) is 4.62. The Labute approximate surface area is 118 Å².